The Morgan fingerprint density at radius 3 is 3.22 bits per heavy atom. The minimum Gasteiger partial charge on any atom is -0.355 e. The summed E-state index contributed by atoms with van der Waals surface area (Å²) in [5.74, 6) is 3.04. The van der Waals surface area contributed by atoms with E-state index in [1.807, 2.05) is 28.5 Å². The van der Waals surface area contributed by atoms with Gasteiger partial charge in [-0.25, -0.2) is 0 Å². The fourth-order valence-electron chi connectivity index (χ4n) is 2.76. The van der Waals surface area contributed by atoms with Crippen LogP contribution in [-0.4, -0.2) is 34.8 Å². The Bertz CT molecular complexity index is 624. The molecule has 1 atom stereocenters. The number of carbonyl (C=O) groups excluding carboxylic acids is 1. The van der Waals surface area contributed by atoms with Gasteiger partial charge < -0.3 is 9.42 Å². The van der Waals surface area contributed by atoms with Gasteiger partial charge in [-0.2, -0.15) is 0 Å². The zero-order valence-corrected chi connectivity index (χ0v) is 15.0. The average Bonchev–Trinajstić information content (AvgIpc) is 3.17. The standard InChI is InChI=1S/C17H22N2O2S2/c1-13-4-2-7-19(8-6-13)17(20)12-22-11-14-10-15(21-18-14)16-5-3-9-23-16/h3,5,9-10,13H,2,4,6-8,11-12H2,1H3/t13-/m0/s1. The second-order valence-electron chi connectivity index (χ2n) is 6.07. The Morgan fingerprint density at radius 1 is 1.48 bits per heavy atom. The zero-order chi connectivity index (χ0) is 16.1. The zero-order valence-electron chi connectivity index (χ0n) is 13.4. The monoisotopic (exact) mass is 350 g/mol. The van der Waals surface area contributed by atoms with Crippen LogP contribution < -0.4 is 0 Å². The molecule has 1 aliphatic heterocycles. The first kappa shape index (κ1) is 16.6. The van der Waals surface area contributed by atoms with Crippen LogP contribution >= 0.6 is 23.1 Å². The SMILES string of the molecule is C[C@H]1CCCN(C(=O)CSCc2cc(-c3cccs3)on2)CC1. The molecule has 124 valence electrons. The highest BCUT2D eigenvalue weighted by Gasteiger charge is 2.18. The number of rotatable bonds is 5. The van der Waals surface area contributed by atoms with Gasteiger partial charge >= 0.3 is 0 Å². The van der Waals surface area contributed by atoms with Crippen molar-refractivity contribution in [2.45, 2.75) is 31.9 Å². The molecule has 2 aromatic rings. The summed E-state index contributed by atoms with van der Waals surface area (Å²) in [7, 11) is 0. The van der Waals surface area contributed by atoms with Crippen LogP contribution in [0.1, 0.15) is 31.9 Å². The third-order valence-corrected chi connectivity index (χ3v) is 6.00. The van der Waals surface area contributed by atoms with Crippen molar-refractivity contribution < 1.29 is 9.32 Å². The molecule has 0 aliphatic carbocycles. The summed E-state index contributed by atoms with van der Waals surface area (Å²) in [6.07, 6.45) is 3.50. The molecule has 1 aliphatic rings. The van der Waals surface area contributed by atoms with E-state index in [1.165, 1.54) is 6.42 Å². The second kappa shape index (κ2) is 8.02. The number of aromatic nitrogens is 1. The van der Waals surface area contributed by atoms with E-state index in [1.54, 1.807) is 23.1 Å². The number of likely N-dealkylation sites (tertiary alicyclic amines) is 1. The molecule has 0 N–H and O–H groups in total. The van der Waals surface area contributed by atoms with Crippen LogP contribution in [0, 0.1) is 5.92 Å². The maximum atomic E-state index is 12.3. The highest BCUT2D eigenvalue weighted by Crippen LogP contribution is 2.26. The smallest absolute Gasteiger partial charge is 0.232 e. The van der Waals surface area contributed by atoms with Gasteiger partial charge in [-0.05, 0) is 36.6 Å². The van der Waals surface area contributed by atoms with E-state index in [0.717, 1.165) is 48.2 Å². The average molecular weight is 351 g/mol. The normalized spacial score (nSPS) is 18.8. The third-order valence-electron chi connectivity index (χ3n) is 4.17. The molecule has 0 spiro atoms. The molecule has 2 aromatic heterocycles. The van der Waals surface area contributed by atoms with Crippen molar-refractivity contribution in [2.24, 2.45) is 5.92 Å². The van der Waals surface area contributed by atoms with E-state index < -0.39 is 0 Å². The molecule has 23 heavy (non-hydrogen) atoms. The lowest BCUT2D eigenvalue weighted by molar-refractivity contribution is -0.128. The first-order valence-electron chi connectivity index (χ1n) is 8.07. The predicted molar refractivity (Wildman–Crippen MR) is 95.6 cm³/mol. The number of hydrogen-bond acceptors (Lipinski definition) is 5. The van der Waals surface area contributed by atoms with Crippen molar-refractivity contribution in [1.29, 1.82) is 0 Å². The third kappa shape index (κ3) is 4.61. The van der Waals surface area contributed by atoms with Crippen LogP contribution in [0.5, 0.6) is 0 Å². The predicted octanol–water partition coefficient (Wildman–Crippen LogP) is 4.28. The quantitative estimate of drug-likeness (QED) is 0.807. The number of nitrogens with zero attached hydrogens (tertiary/aromatic N) is 2. The maximum Gasteiger partial charge on any atom is 0.232 e. The summed E-state index contributed by atoms with van der Waals surface area (Å²) in [4.78, 5) is 15.4. The molecular weight excluding hydrogens is 328 g/mol. The van der Waals surface area contributed by atoms with Crippen LogP contribution in [0.15, 0.2) is 28.1 Å². The minimum absolute atomic E-state index is 0.256. The van der Waals surface area contributed by atoms with Gasteiger partial charge in [0.05, 0.1) is 16.3 Å². The summed E-state index contributed by atoms with van der Waals surface area (Å²) in [6.45, 7) is 4.10. The van der Waals surface area contributed by atoms with Crippen molar-refractivity contribution in [3.63, 3.8) is 0 Å². The Kier molecular flexibility index (Phi) is 5.78. The molecule has 0 unspecified atom stereocenters. The van der Waals surface area contributed by atoms with Crippen molar-refractivity contribution in [2.75, 3.05) is 18.8 Å². The lowest BCUT2D eigenvalue weighted by Crippen LogP contribution is -2.33. The molecule has 1 amide bonds. The Hall–Kier alpha value is -1.27. The van der Waals surface area contributed by atoms with Crippen LogP contribution in [0.4, 0.5) is 0 Å². The van der Waals surface area contributed by atoms with Gasteiger partial charge in [0.15, 0.2) is 5.76 Å². The fourth-order valence-corrected chi connectivity index (χ4v) is 4.24. The topological polar surface area (TPSA) is 46.3 Å². The number of hydrogen-bond donors (Lipinski definition) is 0. The second-order valence-corrected chi connectivity index (χ2v) is 8.00. The molecular formula is C17H22N2O2S2. The molecule has 0 radical (unpaired) electrons. The lowest BCUT2D eigenvalue weighted by atomic mass is 10.0. The lowest BCUT2D eigenvalue weighted by Gasteiger charge is -2.20. The van der Waals surface area contributed by atoms with Crippen molar-refractivity contribution >= 4 is 29.0 Å². The highest BCUT2D eigenvalue weighted by molar-refractivity contribution is 7.99. The first-order valence-corrected chi connectivity index (χ1v) is 10.1. The molecule has 6 heteroatoms. The van der Waals surface area contributed by atoms with E-state index in [4.69, 9.17) is 4.52 Å². The summed E-state index contributed by atoms with van der Waals surface area (Å²) >= 11 is 3.25. The van der Waals surface area contributed by atoms with Gasteiger partial charge in [-0.15, -0.1) is 23.1 Å². The molecule has 0 saturated carbocycles. The number of thiophene rings is 1. The van der Waals surface area contributed by atoms with Crippen LogP contribution in [0.25, 0.3) is 10.6 Å². The van der Waals surface area contributed by atoms with Crippen molar-refractivity contribution in [1.82, 2.24) is 10.1 Å². The van der Waals surface area contributed by atoms with Gasteiger partial charge in [-0.1, -0.05) is 18.1 Å². The van der Waals surface area contributed by atoms with Crippen molar-refractivity contribution in [3.05, 3.63) is 29.3 Å². The summed E-state index contributed by atoms with van der Waals surface area (Å²) in [5, 5.41) is 6.11. The summed E-state index contributed by atoms with van der Waals surface area (Å²) < 4.78 is 5.36. The molecule has 1 saturated heterocycles. The van der Waals surface area contributed by atoms with E-state index in [-0.39, 0.29) is 5.91 Å². The molecule has 3 heterocycles. The number of thioether (sulfide) groups is 1. The largest absolute Gasteiger partial charge is 0.355 e. The van der Waals surface area contributed by atoms with Crippen LogP contribution in [0.2, 0.25) is 0 Å². The minimum atomic E-state index is 0.256. The van der Waals surface area contributed by atoms with Gasteiger partial charge in [0, 0.05) is 24.9 Å². The number of carbonyl (C=O) groups is 1. The van der Waals surface area contributed by atoms with Crippen LogP contribution in [0.3, 0.4) is 0 Å². The molecule has 1 fully saturated rings. The molecule has 4 nitrogen and oxygen atoms in total. The van der Waals surface area contributed by atoms with E-state index >= 15 is 0 Å². The number of amides is 1. The molecule has 3 rings (SSSR count). The van der Waals surface area contributed by atoms with Crippen molar-refractivity contribution in [3.8, 4) is 10.6 Å². The van der Waals surface area contributed by atoms with Gasteiger partial charge in [0.2, 0.25) is 5.91 Å². The highest BCUT2D eigenvalue weighted by atomic mass is 32.2. The molecule has 0 aromatic carbocycles. The van der Waals surface area contributed by atoms with Gasteiger partial charge in [-0.3, -0.25) is 4.79 Å². The summed E-state index contributed by atoms with van der Waals surface area (Å²) in [6, 6.07) is 5.99. The summed E-state index contributed by atoms with van der Waals surface area (Å²) in [5.41, 5.74) is 0.899. The maximum absolute atomic E-state index is 12.3. The first-order chi connectivity index (χ1) is 11.2. The van der Waals surface area contributed by atoms with Crippen LogP contribution in [-0.2, 0) is 10.5 Å². The Morgan fingerprint density at radius 2 is 2.39 bits per heavy atom. The van der Waals surface area contributed by atoms with Gasteiger partial charge in [0.1, 0.15) is 0 Å². The van der Waals surface area contributed by atoms with E-state index in [9.17, 15) is 4.79 Å². The Labute approximate surface area is 145 Å². The van der Waals surface area contributed by atoms with E-state index in [0.29, 0.717) is 11.5 Å². The van der Waals surface area contributed by atoms with Gasteiger partial charge in [0.25, 0.3) is 0 Å². The fraction of sp³-hybridized carbons (Fsp3) is 0.529. The Balaban J connectivity index is 1.45. The van der Waals surface area contributed by atoms with E-state index in [2.05, 4.69) is 12.1 Å². The molecule has 0 bridgehead atoms.